The molecule has 2 nitrogen and oxygen atoms in total. The molecule has 1 N–H and O–H groups in total. The first kappa shape index (κ1) is 9.49. The van der Waals surface area contributed by atoms with E-state index in [-0.39, 0.29) is 0 Å². The maximum absolute atomic E-state index is 4.92. The molecule has 0 radical (unpaired) electrons. The molecule has 2 rings (SSSR count). The molecule has 72 valence electrons. The Kier molecular flexibility index (Phi) is 2.70. The molecule has 0 spiro atoms. The number of hydrogen-bond acceptors (Lipinski definition) is 2. The normalized spacial score (nSPS) is 10.4. The average Bonchev–Trinajstić information content (AvgIpc) is 2.18. The highest BCUT2D eigenvalue weighted by Gasteiger charge is 2.01. The van der Waals surface area contributed by atoms with Gasteiger partial charge in [-0.3, -0.25) is 10.3 Å². The minimum absolute atomic E-state index is 0.970. The van der Waals surface area contributed by atoms with Crippen molar-refractivity contribution in [2.45, 2.75) is 0 Å². The van der Waals surface area contributed by atoms with Gasteiger partial charge in [-0.05, 0) is 17.5 Å². The van der Waals surface area contributed by atoms with Crippen LogP contribution in [0.5, 0.6) is 0 Å². The number of nitrogens with one attached hydrogen (secondary N) is 1. The zero-order valence-corrected chi connectivity index (χ0v) is 9.34. The Labute approximate surface area is 91.0 Å². The summed E-state index contributed by atoms with van der Waals surface area (Å²) in [4.78, 5) is 4.92. The summed E-state index contributed by atoms with van der Waals surface area (Å²) in [6.07, 6.45) is 0. The van der Waals surface area contributed by atoms with Gasteiger partial charge in [-0.25, -0.2) is 0 Å². The van der Waals surface area contributed by atoms with Gasteiger partial charge in [0.1, 0.15) is 0 Å². The topological polar surface area (TPSA) is 21.3 Å². The van der Waals surface area contributed by atoms with E-state index in [0.29, 0.717) is 0 Å². The fourth-order valence-electron chi connectivity index (χ4n) is 1.47. The molecule has 0 bridgehead atoms. The number of hydrogen-bond donors (Lipinski definition) is 1. The fraction of sp³-hybridized carbons (Fsp3) is 0.0909. The quantitative estimate of drug-likeness (QED) is 0.825. The molecule has 0 fully saturated rings. The summed E-state index contributed by atoms with van der Waals surface area (Å²) in [5.74, 6) is 0. The Hall–Kier alpha value is -1.06. The second kappa shape index (κ2) is 3.98. The second-order valence-electron chi connectivity index (χ2n) is 2.98. The van der Waals surface area contributed by atoms with E-state index < -0.39 is 0 Å². The van der Waals surface area contributed by atoms with E-state index >= 15 is 0 Å². The van der Waals surface area contributed by atoms with Crippen LogP contribution in [0.25, 0.3) is 10.8 Å². The minimum Gasteiger partial charge on any atom is -0.279 e. The molecule has 0 aliphatic heterocycles. The van der Waals surface area contributed by atoms with Gasteiger partial charge in [0, 0.05) is 9.86 Å². The second-order valence-corrected chi connectivity index (χ2v) is 3.90. The summed E-state index contributed by atoms with van der Waals surface area (Å²) in [5, 5.41) is 2.33. The molecule has 0 unspecified atom stereocenters. The third-order valence-corrected chi connectivity index (χ3v) is 2.50. The lowest BCUT2D eigenvalue weighted by Gasteiger charge is -2.08. The number of anilines is 1. The van der Waals surface area contributed by atoms with Crippen LogP contribution in [-0.2, 0) is 4.84 Å². The van der Waals surface area contributed by atoms with Crippen LogP contribution in [0.2, 0.25) is 0 Å². The molecular weight excluding hydrogens is 242 g/mol. The Morgan fingerprint density at radius 1 is 1.21 bits per heavy atom. The van der Waals surface area contributed by atoms with Gasteiger partial charge >= 0.3 is 0 Å². The molecule has 3 heteroatoms. The summed E-state index contributed by atoms with van der Waals surface area (Å²) in [6.45, 7) is 0. The largest absolute Gasteiger partial charge is 0.279 e. The van der Waals surface area contributed by atoms with Crippen LogP contribution >= 0.6 is 15.9 Å². The van der Waals surface area contributed by atoms with Crippen LogP contribution in [-0.4, -0.2) is 7.11 Å². The first-order chi connectivity index (χ1) is 6.81. The minimum atomic E-state index is 0.970. The fourth-order valence-corrected chi connectivity index (χ4v) is 1.94. The van der Waals surface area contributed by atoms with Crippen LogP contribution in [0.15, 0.2) is 40.9 Å². The highest BCUT2D eigenvalue weighted by Crippen LogP contribution is 2.27. The lowest BCUT2D eigenvalue weighted by molar-refractivity contribution is 0.271. The Bertz CT molecular complexity index is 456. The van der Waals surface area contributed by atoms with E-state index in [1.807, 2.05) is 18.2 Å². The lowest BCUT2D eigenvalue weighted by atomic mass is 10.1. The molecule has 2 aromatic carbocycles. The van der Waals surface area contributed by atoms with E-state index in [1.54, 1.807) is 7.11 Å². The summed E-state index contributed by atoms with van der Waals surface area (Å²) >= 11 is 3.46. The van der Waals surface area contributed by atoms with Gasteiger partial charge in [-0.2, -0.15) is 0 Å². The van der Waals surface area contributed by atoms with Crippen molar-refractivity contribution in [2.75, 3.05) is 12.6 Å². The molecule has 0 amide bonds. The predicted molar refractivity (Wildman–Crippen MR) is 62.3 cm³/mol. The zero-order valence-electron chi connectivity index (χ0n) is 7.75. The molecule has 0 saturated carbocycles. The number of rotatable bonds is 2. The molecule has 0 aromatic heterocycles. The van der Waals surface area contributed by atoms with Gasteiger partial charge in [0.25, 0.3) is 0 Å². The number of halogens is 1. The van der Waals surface area contributed by atoms with Crippen molar-refractivity contribution in [1.82, 2.24) is 0 Å². The van der Waals surface area contributed by atoms with Gasteiger partial charge in [0.15, 0.2) is 0 Å². The molecule has 0 saturated heterocycles. The van der Waals surface area contributed by atoms with E-state index in [1.165, 1.54) is 5.39 Å². The summed E-state index contributed by atoms with van der Waals surface area (Å²) in [5.41, 5.74) is 3.83. The Morgan fingerprint density at radius 2 is 2.00 bits per heavy atom. The highest BCUT2D eigenvalue weighted by molar-refractivity contribution is 9.10. The third-order valence-electron chi connectivity index (χ3n) is 2.04. The molecule has 0 heterocycles. The average molecular weight is 252 g/mol. The van der Waals surface area contributed by atoms with Crippen molar-refractivity contribution in [1.29, 1.82) is 0 Å². The maximum Gasteiger partial charge on any atom is 0.0694 e. The SMILES string of the molecule is CONc1cc(Br)cc2ccccc12. The maximum atomic E-state index is 4.92. The highest BCUT2D eigenvalue weighted by atomic mass is 79.9. The molecular formula is C11H10BrNO. The predicted octanol–water partition coefficient (Wildman–Crippen LogP) is 3.58. The molecule has 2 aromatic rings. The smallest absolute Gasteiger partial charge is 0.0694 e. The Balaban J connectivity index is 2.67. The van der Waals surface area contributed by atoms with E-state index in [9.17, 15) is 0 Å². The summed E-state index contributed by atoms with van der Waals surface area (Å²) < 4.78 is 1.04. The van der Waals surface area contributed by atoms with Crippen LogP contribution in [0.3, 0.4) is 0 Å². The van der Waals surface area contributed by atoms with Gasteiger partial charge in [-0.15, -0.1) is 0 Å². The van der Waals surface area contributed by atoms with Crippen molar-refractivity contribution in [3.05, 3.63) is 40.9 Å². The molecule has 14 heavy (non-hydrogen) atoms. The third kappa shape index (κ3) is 1.74. The van der Waals surface area contributed by atoms with E-state index in [4.69, 9.17) is 4.84 Å². The van der Waals surface area contributed by atoms with Gasteiger partial charge in [-0.1, -0.05) is 40.2 Å². The van der Waals surface area contributed by atoms with Crippen LogP contribution < -0.4 is 5.48 Å². The first-order valence-electron chi connectivity index (χ1n) is 4.28. The van der Waals surface area contributed by atoms with Crippen molar-refractivity contribution in [2.24, 2.45) is 0 Å². The molecule has 0 aliphatic rings. The number of fused-ring (bicyclic) bond motifs is 1. The van der Waals surface area contributed by atoms with Crippen LogP contribution in [0.4, 0.5) is 5.69 Å². The van der Waals surface area contributed by atoms with E-state index in [2.05, 4.69) is 39.6 Å². The van der Waals surface area contributed by atoms with Gasteiger partial charge < -0.3 is 0 Å². The van der Waals surface area contributed by atoms with Crippen molar-refractivity contribution < 1.29 is 4.84 Å². The van der Waals surface area contributed by atoms with E-state index in [0.717, 1.165) is 15.5 Å². The first-order valence-corrected chi connectivity index (χ1v) is 5.08. The zero-order chi connectivity index (χ0) is 9.97. The van der Waals surface area contributed by atoms with Crippen molar-refractivity contribution in [3.63, 3.8) is 0 Å². The monoisotopic (exact) mass is 251 g/mol. The molecule has 0 aliphatic carbocycles. The van der Waals surface area contributed by atoms with Crippen LogP contribution in [0.1, 0.15) is 0 Å². The summed E-state index contributed by atoms with van der Waals surface area (Å²) in [6, 6.07) is 12.2. The lowest BCUT2D eigenvalue weighted by Crippen LogP contribution is -1.96. The standard InChI is InChI=1S/C11H10BrNO/c1-14-13-11-7-9(12)6-8-4-2-3-5-10(8)11/h2-7,13H,1H3. The Morgan fingerprint density at radius 3 is 2.79 bits per heavy atom. The van der Waals surface area contributed by atoms with Crippen molar-refractivity contribution in [3.8, 4) is 0 Å². The van der Waals surface area contributed by atoms with Gasteiger partial charge in [0.05, 0.1) is 12.8 Å². The van der Waals surface area contributed by atoms with Crippen molar-refractivity contribution >= 4 is 32.4 Å². The number of benzene rings is 2. The van der Waals surface area contributed by atoms with Crippen LogP contribution in [0, 0.1) is 0 Å². The van der Waals surface area contributed by atoms with Gasteiger partial charge in [0.2, 0.25) is 0 Å². The molecule has 0 atom stereocenters. The summed E-state index contributed by atoms with van der Waals surface area (Å²) in [7, 11) is 1.61.